The number of piperidine rings is 1. The number of aromatic nitrogens is 2. The van der Waals surface area contributed by atoms with E-state index in [9.17, 15) is 4.79 Å². The van der Waals surface area contributed by atoms with E-state index < -0.39 is 0 Å². The Morgan fingerprint density at radius 3 is 2.48 bits per heavy atom. The van der Waals surface area contributed by atoms with Gasteiger partial charge < -0.3 is 14.6 Å². The molecule has 1 saturated heterocycles. The molecule has 1 N–H and O–H groups in total. The summed E-state index contributed by atoms with van der Waals surface area (Å²) in [6, 6.07) is 15.8. The monoisotopic (exact) mass is 448 g/mol. The van der Waals surface area contributed by atoms with Gasteiger partial charge in [-0.3, -0.25) is 9.69 Å². The lowest BCUT2D eigenvalue weighted by Gasteiger charge is -2.30. The highest BCUT2D eigenvalue weighted by Crippen LogP contribution is 2.27. The molecule has 1 fully saturated rings. The van der Waals surface area contributed by atoms with Crippen molar-refractivity contribution >= 4 is 11.6 Å². The van der Waals surface area contributed by atoms with E-state index in [1.54, 1.807) is 7.11 Å². The lowest BCUT2D eigenvalue weighted by atomic mass is 9.87. The Morgan fingerprint density at radius 1 is 1.12 bits per heavy atom. The van der Waals surface area contributed by atoms with Gasteiger partial charge in [0.15, 0.2) is 0 Å². The van der Waals surface area contributed by atoms with Crippen molar-refractivity contribution in [3.63, 3.8) is 0 Å². The zero-order valence-electron chi connectivity index (χ0n) is 19.8. The molecule has 4 rings (SSSR count). The molecule has 1 amide bonds. The van der Waals surface area contributed by atoms with Crippen LogP contribution in [-0.2, 0) is 16.8 Å². The SMILES string of the molecule is COc1ccccc1NC(=O)C1CCN(Cc2nc(-c3ccc(C(C)(C)C)cc3)no2)CC1. The molecule has 1 aliphatic rings. The molecule has 2 aromatic carbocycles. The van der Waals surface area contributed by atoms with E-state index >= 15 is 0 Å². The number of carbonyl (C=O) groups is 1. The molecule has 0 aliphatic carbocycles. The molecule has 2 heterocycles. The van der Waals surface area contributed by atoms with Gasteiger partial charge in [-0.25, -0.2) is 0 Å². The highest BCUT2D eigenvalue weighted by molar-refractivity contribution is 5.94. The number of hydrogen-bond acceptors (Lipinski definition) is 6. The summed E-state index contributed by atoms with van der Waals surface area (Å²) in [4.78, 5) is 19.6. The normalized spacial score (nSPS) is 15.4. The summed E-state index contributed by atoms with van der Waals surface area (Å²) in [6.07, 6.45) is 1.58. The molecule has 174 valence electrons. The van der Waals surface area contributed by atoms with E-state index in [4.69, 9.17) is 9.26 Å². The Morgan fingerprint density at radius 2 is 1.82 bits per heavy atom. The van der Waals surface area contributed by atoms with Gasteiger partial charge in [0.2, 0.25) is 17.6 Å². The fraction of sp³-hybridized carbons (Fsp3) is 0.423. The second-order valence-corrected chi connectivity index (χ2v) is 9.58. The number of likely N-dealkylation sites (tertiary alicyclic amines) is 1. The van der Waals surface area contributed by atoms with Crippen molar-refractivity contribution in [3.05, 3.63) is 60.0 Å². The molecule has 0 radical (unpaired) electrons. The molecule has 0 atom stereocenters. The van der Waals surface area contributed by atoms with Crippen molar-refractivity contribution in [3.8, 4) is 17.1 Å². The van der Waals surface area contributed by atoms with Crippen molar-refractivity contribution in [1.82, 2.24) is 15.0 Å². The van der Waals surface area contributed by atoms with Crippen LogP contribution >= 0.6 is 0 Å². The summed E-state index contributed by atoms with van der Waals surface area (Å²) in [7, 11) is 1.60. The fourth-order valence-corrected chi connectivity index (χ4v) is 4.08. The minimum absolute atomic E-state index is 0.0225. The van der Waals surface area contributed by atoms with Crippen LogP contribution in [0.2, 0.25) is 0 Å². The van der Waals surface area contributed by atoms with E-state index in [2.05, 4.69) is 53.3 Å². The van der Waals surface area contributed by atoms with Crippen LogP contribution in [0.3, 0.4) is 0 Å². The van der Waals surface area contributed by atoms with E-state index in [0.29, 0.717) is 29.7 Å². The van der Waals surface area contributed by atoms with Crippen molar-refractivity contribution in [2.24, 2.45) is 5.92 Å². The van der Waals surface area contributed by atoms with Gasteiger partial charge in [-0.15, -0.1) is 0 Å². The van der Waals surface area contributed by atoms with E-state index in [-0.39, 0.29) is 17.2 Å². The van der Waals surface area contributed by atoms with E-state index in [0.717, 1.165) is 31.5 Å². The molecular formula is C26H32N4O3. The third kappa shape index (κ3) is 5.60. The summed E-state index contributed by atoms with van der Waals surface area (Å²) in [6.45, 7) is 8.79. The number of ether oxygens (including phenoxy) is 1. The maximum absolute atomic E-state index is 12.7. The quantitative estimate of drug-likeness (QED) is 0.578. The summed E-state index contributed by atoms with van der Waals surface area (Å²) >= 11 is 0. The Hall–Kier alpha value is -3.19. The second kappa shape index (κ2) is 9.75. The Balaban J connectivity index is 1.30. The predicted octanol–water partition coefficient (Wildman–Crippen LogP) is 4.89. The van der Waals surface area contributed by atoms with Gasteiger partial charge in [0.25, 0.3) is 0 Å². The van der Waals surface area contributed by atoms with Crippen LogP contribution in [0.4, 0.5) is 5.69 Å². The largest absolute Gasteiger partial charge is 0.495 e. The van der Waals surface area contributed by atoms with Gasteiger partial charge in [0.1, 0.15) is 5.75 Å². The first kappa shape index (κ1) is 23.0. The number of hydrogen-bond donors (Lipinski definition) is 1. The third-order valence-corrected chi connectivity index (χ3v) is 6.16. The lowest BCUT2D eigenvalue weighted by Crippen LogP contribution is -2.37. The van der Waals surface area contributed by atoms with Crippen molar-refractivity contribution < 1.29 is 14.1 Å². The van der Waals surface area contributed by atoms with Crippen LogP contribution in [0, 0.1) is 5.92 Å². The first-order valence-electron chi connectivity index (χ1n) is 11.4. The Labute approximate surface area is 195 Å². The number of anilines is 1. The number of rotatable bonds is 6. The van der Waals surface area contributed by atoms with Crippen molar-refractivity contribution in [1.29, 1.82) is 0 Å². The minimum Gasteiger partial charge on any atom is -0.495 e. The summed E-state index contributed by atoms with van der Waals surface area (Å²) < 4.78 is 10.8. The number of nitrogens with zero attached hydrogens (tertiary/aromatic N) is 3. The van der Waals surface area contributed by atoms with Crippen LogP contribution < -0.4 is 10.1 Å². The average Bonchev–Trinajstić information content (AvgIpc) is 3.28. The Bertz CT molecular complexity index is 1080. The molecule has 0 saturated carbocycles. The van der Waals surface area contributed by atoms with E-state index in [1.807, 2.05) is 36.4 Å². The number of carbonyl (C=O) groups excluding carboxylic acids is 1. The van der Waals surface area contributed by atoms with Crippen molar-refractivity contribution in [2.75, 3.05) is 25.5 Å². The molecule has 1 aliphatic heterocycles. The maximum Gasteiger partial charge on any atom is 0.241 e. The fourth-order valence-electron chi connectivity index (χ4n) is 4.08. The lowest BCUT2D eigenvalue weighted by molar-refractivity contribution is -0.121. The molecule has 3 aromatic rings. The van der Waals surface area contributed by atoms with Crippen molar-refractivity contribution in [2.45, 2.75) is 45.6 Å². The zero-order valence-corrected chi connectivity index (χ0v) is 19.8. The summed E-state index contributed by atoms with van der Waals surface area (Å²) in [5.41, 5.74) is 3.04. The molecule has 0 spiro atoms. The number of methoxy groups -OCH3 is 1. The summed E-state index contributed by atoms with van der Waals surface area (Å²) in [5.74, 6) is 1.89. The highest BCUT2D eigenvalue weighted by Gasteiger charge is 2.26. The van der Waals surface area contributed by atoms with Crippen LogP contribution in [0.5, 0.6) is 5.75 Å². The maximum atomic E-state index is 12.7. The Kier molecular flexibility index (Phi) is 6.79. The first-order chi connectivity index (χ1) is 15.8. The molecule has 7 heteroatoms. The third-order valence-electron chi connectivity index (χ3n) is 6.16. The minimum atomic E-state index is -0.0225. The number of para-hydroxylation sites is 2. The molecule has 0 bridgehead atoms. The summed E-state index contributed by atoms with van der Waals surface area (Å²) in [5, 5.41) is 7.17. The molecule has 1 aromatic heterocycles. The molecule has 7 nitrogen and oxygen atoms in total. The zero-order chi connectivity index (χ0) is 23.4. The van der Waals surface area contributed by atoms with Gasteiger partial charge >= 0.3 is 0 Å². The topological polar surface area (TPSA) is 80.5 Å². The van der Waals surface area contributed by atoms with Crippen LogP contribution in [0.15, 0.2) is 53.1 Å². The predicted molar refractivity (Wildman–Crippen MR) is 128 cm³/mol. The van der Waals surface area contributed by atoms with Gasteiger partial charge in [-0.1, -0.05) is 62.3 Å². The first-order valence-corrected chi connectivity index (χ1v) is 11.4. The van der Waals surface area contributed by atoms with Crippen LogP contribution in [-0.4, -0.2) is 41.1 Å². The van der Waals surface area contributed by atoms with Gasteiger partial charge in [-0.2, -0.15) is 4.98 Å². The molecule has 33 heavy (non-hydrogen) atoms. The van der Waals surface area contributed by atoms with Gasteiger partial charge in [0.05, 0.1) is 19.3 Å². The molecule has 0 unspecified atom stereocenters. The van der Waals surface area contributed by atoms with E-state index in [1.165, 1.54) is 5.56 Å². The standard InChI is InChI=1S/C26H32N4O3/c1-26(2,3)20-11-9-18(10-12-20)24-28-23(33-29-24)17-30-15-13-19(14-16-30)25(31)27-21-7-5-6-8-22(21)32-4/h5-12,19H,13-17H2,1-4H3,(H,27,31). The van der Waals surface area contributed by atoms with Crippen LogP contribution in [0.1, 0.15) is 45.1 Å². The number of benzene rings is 2. The van der Waals surface area contributed by atoms with Gasteiger partial charge in [-0.05, 0) is 49.0 Å². The van der Waals surface area contributed by atoms with Gasteiger partial charge in [0, 0.05) is 11.5 Å². The average molecular weight is 449 g/mol. The second-order valence-electron chi connectivity index (χ2n) is 9.58. The smallest absolute Gasteiger partial charge is 0.241 e. The number of nitrogens with one attached hydrogen (secondary N) is 1. The molecular weight excluding hydrogens is 416 g/mol. The highest BCUT2D eigenvalue weighted by atomic mass is 16.5. The number of amides is 1. The van der Waals surface area contributed by atoms with Crippen LogP contribution in [0.25, 0.3) is 11.4 Å².